The second-order valence-corrected chi connectivity index (χ2v) is 12.3. The Labute approximate surface area is 255 Å². The van der Waals surface area contributed by atoms with Crippen molar-refractivity contribution < 1.29 is 22.6 Å². The van der Waals surface area contributed by atoms with Gasteiger partial charge >= 0.3 is 0 Å². The molecule has 0 spiro atoms. The molecule has 0 radical (unpaired) electrons. The topological polar surface area (TPSA) is 137 Å². The Hall–Kier alpha value is -3.75. The number of halogens is 2. The van der Waals surface area contributed by atoms with E-state index in [-0.39, 0.29) is 18.0 Å². The Morgan fingerprint density at radius 2 is 1.74 bits per heavy atom. The van der Waals surface area contributed by atoms with E-state index in [9.17, 15) is 8.42 Å². The van der Waals surface area contributed by atoms with E-state index in [1.165, 1.54) is 50.0 Å². The van der Waals surface area contributed by atoms with Gasteiger partial charge in [-0.05, 0) is 36.4 Å². The second-order valence-electron chi connectivity index (χ2n) is 8.62. The fourth-order valence-corrected chi connectivity index (χ4v) is 6.43. The van der Waals surface area contributed by atoms with E-state index < -0.39 is 10.0 Å². The van der Waals surface area contributed by atoms with Gasteiger partial charge < -0.3 is 19.5 Å². The van der Waals surface area contributed by atoms with Crippen molar-refractivity contribution in [2.45, 2.75) is 11.4 Å². The first-order chi connectivity index (χ1) is 20.3. The van der Waals surface area contributed by atoms with E-state index >= 15 is 0 Å². The lowest BCUT2D eigenvalue weighted by Gasteiger charge is -2.11. The third-order valence-corrected chi connectivity index (χ3v) is 9.03. The quantitative estimate of drug-likeness (QED) is 0.168. The van der Waals surface area contributed by atoms with Crippen LogP contribution in [0.4, 0.5) is 5.95 Å². The molecule has 0 unspecified atom stereocenters. The largest absolute Gasteiger partial charge is 0.493 e. The number of hydrogen-bond donors (Lipinski definition) is 2. The van der Waals surface area contributed by atoms with Gasteiger partial charge in [0.2, 0.25) is 16.0 Å². The monoisotopic (exact) mass is 646 g/mol. The molecule has 0 amide bonds. The van der Waals surface area contributed by atoms with Crippen LogP contribution in [0, 0.1) is 0 Å². The second kappa shape index (κ2) is 13.0. The lowest BCUT2D eigenvalue weighted by molar-refractivity contribution is 0.323. The maximum Gasteiger partial charge on any atom is 0.243 e. The van der Waals surface area contributed by atoms with Crippen molar-refractivity contribution in [3.05, 3.63) is 75.8 Å². The van der Waals surface area contributed by atoms with E-state index in [0.717, 1.165) is 15.2 Å². The zero-order valence-electron chi connectivity index (χ0n) is 22.3. The molecule has 0 fully saturated rings. The van der Waals surface area contributed by atoms with Gasteiger partial charge in [0.1, 0.15) is 17.4 Å². The molecule has 0 bridgehead atoms. The summed E-state index contributed by atoms with van der Waals surface area (Å²) in [4.78, 5) is 9.21. The molecule has 2 aromatic heterocycles. The van der Waals surface area contributed by atoms with Gasteiger partial charge in [0.25, 0.3) is 0 Å². The standard InChI is InChI=1S/C27H24Cl2N6O5S2/c1-38-22-8-7-17(13-23(22)39-2)42(36,37)32-10-11-40-16-6-9-24-20(12-16)33-25(41-24)15-30-27-34-21(14-31-35-27)26-18(28)4-3-5-19(26)29/h3-9,12-14,32H,10-11,15H2,1-2H3,(H,30,34,35). The van der Waals surface area contributed by atoms with Crippen LogP contribution in [0.3, 0.4) is 0 Å². The number of ether oxygens (including phenoxy) is 3. The van der Waals surface area contributed by atoms with Crippen molar-refractivity contribution in [2.24, 2.45) is 0 Å². The molecule has 0 saturated carbocycles. The molecule has 0 aliphatic heterocycles. The van der Waals surface area contributed by atoms with E-state index in [4.69, 9.17) is 37.4 Å². The average Bonchev–Trinajstić information content (AvgIpc) is 3.40. The van der Waals surface area contributed by atoms with Crippen LogP contribution in [0.2, 0.25) is 10.0 Å². The molecule has 15 heteroatoms. The van der Waals surface area contributed by atoms with Crippen LogP contribution in [0.5, 0.6) is 17.2 Å². The van der Waals surface area contributed by atoms with Crippen LogP contribution < -0.4 is 24.2 Å². The Morgan fingerprint density at radius 3 is 2.50 bits per heavy atom. The molecule has 3 aromatic carbocycles. The summed E-state index contributed by atoms with van der Waals surface area (Å²) >= 11 is 14.1. The number of benzene rings is 3. The molecular formula is C27H24Cl2N6O5S2. The molecule has 0 aliphatic carbocycles. The van der Waals surface area contributed by atoms with Gasteiger partial charge in [-0.25, -0.2) is 23.1 Å². The van der Waals surface area contributed by atoms with Crippen LogP contribution in [-0.2, 0) is 16.6 Å². The number of anilines is 1. The lowest BCUT2D eigenvalue weighted by atomic mass is 10.1. The average molecular weight is 648 g/mol. The summed E-state index contributed by atoms with van der Waals surface area (Å²) in [5, 5.41) is 12.9. The molecule has 2 heterocycles. The van der Waals surface area contributed by atoms with E-state index in [0.29, 0.717) is 51.0 Å². The molecule has 5 rings (SSSR count). The fourth-order valence-electron chi connectivity index (χ4n) is 3.93. The first kappa shape index (κ1) is 29.7. The summed E-state index contributed by atoms with van der Waals surface area (Å²) in [6.07, 6.45) is 1.50. The molecule has 11 nitrogen and oxygen atoms in total. The van der Waals surface area contributed by atoms with Gasteiger partial charge in [-0.15, -0.1) is 16.4 Å². The number of nitrogens with zero attached hydrogens (tertiary/aromatic N) is 4. The summed E-state index contributed by atoms with van der Waals surface area (Å²) < 4.78 is 44.9. The SMILES string of the molecule is COc1ccc(S(=O)(=O)NCCOc2ccc3sc(CNc4nncc(-c5c(Cl)cccc5Cl)n4)nc3c2)cc1OC. The van der Waals surface area contributed by atoms with Crippen LogP contribution in [0.25, 0.3) is 21.5 Å². The van der Waals surface area contributed by atoms with Crippen molar-refractivity contribution in [3.8, 4) is 28.5 Å². The van der Waals surface area contributed by atoms with Crippen molar-refractivity contribution in [1.82, 2.24) is 24.9 Å². The first-order valence-electron chi connectivity index (χ1n) is 12.4. The molecule has 218 valence electrons. The van der Waals surface area contributed by atoms with Crippen LogP contribution in [0.1, 0.15) is 5.01 Å². The van der Waals surface area contributed by atoms with Gasteiger partial charge in [-0.3, -0.25) is 0 Å². The molecule has 5 aromatic rings. The highest BCUT2D eigenvalue weighted by molar-refractivity contribution is 7.89. The van der Waals surface area contributed by atoms with Gasteiger partial charge in [0, 0.05) is 24.2 Å². The van der Waals surface area contributed by atoms with Gasteiger partial charge in [0.05, 0.1) is 57.8 Å². The van der Waals surface area contributed by atoms with Crippen LogP contribution in [0.15, 0.2) is 65.7 Å². The summed E-state index contributed by atoms with van der Waals surface area (Å²) in [7, 11) is -0.843. The van der Waals surface area contributed by atoms with Crippen molar-refractivity contribution >= 4 is 60.7 Å². The number of rotatable bonds is 12. The first-order valence-corrected chi connectivity index (χ1v) is 15.4. The zero-order valence-corrected chi connectivity index (χ0v) is 25.4. The normalized spacial score (nSPS) is 11.4. The Kier molecular flexibility index (Phi) is 9.24. The number of aromatic nitrogens is 4. The highest BCUT2D eigenvalue weighted by atomic mass is 35.5. The fraction of sp³-hybridized carbons (Fsp3) is 0.185. The maximum atomic E-state index is 12.7. The molecule has 2 N–H and O–H groups in total. The smallest absolute Gasteiger partial charge is 0.243 e. The minimum absolute atomic E-state index is 0.0609. The van der Waals surface area contributed by atoms with Gasteiger partial charge in [-0.1, -0.05) is 29.3 Å². The van der Waals surface area contributed by atoms with Gasteiger partial charge in [-0.2, -0.15) is 5.10 Å². The van der Waals surface area contributed by atoms with Gasteiger partial charge in [0.15, 0.2) is 11.5 Å². The predicted octanol–water partition coefficient (Wildman–Crippen LogP) is 5.44. The number of sulfonamides is 1. The van der Waals surface area contributed by atoms with E-state index in [1.807, 2.05) is 12.1 Å². The number of nitrogens with one attached hydrogen (secondary N) is 2. The Bertz CT molecular complexity index is 1820. The minimum Gasteiger partial charge on any atom is -0.493 e. The van der Waals surface area contributed by atoms with Crippen molar-refractivity contribution in [2.75, 3.05) is 32.7 Å². The van der Waals surface area contributed by atoms with E-state index in [2.05, 4.69) is 30.2 Å². The maximum absolute atomic E-state index is 12.7. The van der Waals surface area contributed by atoms with Crippen molar-refractivity contribution in [3.63, 3.8) is 0 Å². The molecule has 0 aliphatic rings. The predicted molar refractivity (Wildman–Crippen MR) is 162 cm³/mol. The summed E-state index contributed by atoms with van der Waals surface area (Å²) in [5.41, 5.74) is 1.83. The molecule has 0 saturated heterocycles. The highest BCUT2D eigenvalue weighted by Crippen LogP contribution is 2.33. The summed E-state index contributed by atoms with van der Waals surface area (Å²) in [6, 6.07) is 15.1. The van der Waals surface area contributed by atoms with Crippen LogP contribution in [-0.4, -0.2) is 56.0 Å². The number of hydrogen-bond acceptors (Lipinski definition) is 11. The molecular weight excluding hydrogens is 623 g/mol. The minimum atomic E-state index is -3.77. The summed E-state index contributed by atoms with van der Waals surface area (Å²) in [5.74, 6) is 1.63. The number of thiazole rings is 1. The highest BCUT2D eigenvalue weighted by Gasteiger charge is 2.17. The third kappa shape index (κ3) is 6.82. The molecule has 0 atom stereocenters. The van der Waals surface area contributed by atoms with Crippen molar-refractivity contribution in [1.29, 1.82) is 0 Å². The molecule has 42 heavy (non-hydrogen) atoms. The lowest BCUT2D eigenvalue weighted by Crippen LogP contribution is -2.28. The zero-order chi connectivity index (χ0) is 29.7. The third-order valence-electron chi connectivity index (χ3n) is 5.91. The summed E-state index contributed by atoms with van der Waals surface area (Å²) in [6.45, 7) is 0.551. The number of fused-ring (bicyclic) bond motifs is 1. The van der Waals surface area contributed by atoms with Crippen LogP contribution >= 0.6 is 34.5 Å². The Morgan fingerprint density at radius 1 is 0.952 bits per heavy atom. The number of methoxy groups -OCH3 is 2. The van der Waals surface area contributed by atoms with E-state index in [1.54, 1.807) is 24.3 Å². The Balaban J connectivity index is 1.17.